The number of halogens is 1. The number of benzene rings is 1. The summed E-state index contributed by atoms with van der Waals surface area (Å²) in [7, 11) is 0. The predicted octanol–water partition coefficient (Wildman–Crippen LogP) is 2.70. The summed E-state index contributed by atoms with van der Waals surface area (Å²) < 4.78 is 0. The molecule has 1 heterocycles. The third-order valence-electron chi connectivity index (χ3n) is 2.81. The number of carbonyl (C=O) groups is 2. The molecule has 0 atom stereocenters. The Bertz CT molecular complexity index is 731. The van der Waals surface area contributed by atoms with Gasteiger partial charge in [-0.15, -0.1) is 0 Å². The molecule has 0 fully saturated rings. The number of anilines is 1. The van der Waals surface area contributed by atoms with Crippen LogP contribution in [0.25, 0.3) is 0 Å². The summed E-state index contributed by atoms with van der Waals surface area (Å²) in [6.07, 6.45) is 0. The van der Waals surface area contributed by atoms with Crippen LogP contribution in [0, 0.1) is 13.8 Å². The van der Waals surface area contributed by atoms with E-state index in [0.29, 0.717) is 17.0 Å². The van der Waals surface area contributed by atoms with Crippen LogP contribution in [0.1, 0.15) is 32.1 Å². The molecule has 7 heteroatoms. The van der Waals surface area contributed by atoms with E-state index in [1.165, 1.54) is 18.2 Å². The number of aromatic nitrogens is 2. The molecule has 0 bridgehead atoms. The van der Waals surface area contributed by atoms with Crippen molar-refractivity contribution in [2.75, 3.05) is 5.32 Å². The summed E-state index contributed by atoms with van der Waals surface area (Å²) in [6.45, 7) is 3.39. The second kappa shape index (κ2) is 5.88. The van der Waals surface area contributed by atoms with Gasteiger partial charge in [0.1, 0.15) is 0 Å². The van der Waals surface area contributed by atoms with Crippen molar-refractivity contribution in [3.63, 3.8) is 0 Å². The lowest BCUT2D eigenvalue weighted by molar-refractivity contribution is 0.0696. The average molecular weight is 306 g/mol. The van der Waals surface area contributed by atoms with Crippen molar-refractivity contribution in [3.05, 3.63) is 51.8 Å². The molecular weight excluding hydrogens is 294 g/mol. The molecule has 0 radical (unpaired) electrons. The monoisotopic (exact) mass is 305 g/mol. The molecule has 0 saturated heterocycles. The van der Waals surface area contributed by atoms with Gasteiger partial charge in [-0.25, -0.2) is 4.79 Å². The highest BCUT2D eigenvalue weighted by atomic mass is 35.5. The van der Waals surface area contributed by atoms with Crippen molar-refractivity contribution in [2.24, 2.45) is 0 Å². The van der Waals surface area contributed by atoms with Crippen LogP contribution in [0.15, 0.2) is 24.3 Å². The number of hydrogen-bond acceptors (Lipinski definition) is 4. The Morgan fingerprint density at radius 2 is 1.90 bits per heavy atom. The van der Waals surface area contributed by atoms with Crippen molar-refractivity contribution in [1.82, 2.24) is 10.2 Å². The minimum absolute atomic E-state index is 0.0375. The molecule has 2 rings (SSSR count). The van der Waals surface area contributed by atoms with E-state index >= 15 is 0 Å². The highest BCUT2D eigenvalue weighted by Gasteiger charge is 2.14. The second-order valence-corrected chi connectivity index (χ2v) is 4.85. The molecule has 1 aromatic carbocycles. The number of amides is 1. The normalized spacial score (nSPS) is 10.2. The molecule has 0 unspecified atom stereocenters. The second-order valence-electron chi connectivity index (χ2n) is 4.44. The van der Waals surface area contributed by atoms with Gasteiger partial charge in [-0.05, 0) is 38.1 Å². The van der Waals surface area contributed by atoms with Crippen molar-refractivity contribution < 1.29 is 14.7 Å². The number of aromatic carboxylic acids is 1. The fourth-order valence-electron chi connectivity index (χ4n) is 1.72. The molecule has 21 heavy (non-hydrogen) atoms. The molecule has 2 aromatic rings. The van der Waals surface area contributed by atoms with Gasteiger partial charge in [0, 0.05) is 0 Å². The maximum atomic E-state index is 12.2. The quantitative estimate of drug-likeness (QED) is 0.909. The maximum absolute atomic E-state index is 12.2. The Labute approximate surface area is 125 Å². The topological polar surface area (TPSA) is 92.2 Å². The fourth-order valence-corrected chi connectivity index (χ4v) is 1.89. The van der Waals surface area contributed by atoms with Crippen LogP contribution < -0.4 is 5.32 Å². The number of rotatable bonds is 3. The Hall–Kier alpha value is -2.47. The zero-order valence-corrected chi connectivity index (χ0v) is 12.1. The van der Waals surface area contributed by atoms with Crippen LogP contribution in [-0.2, 0) is 0 Å². The first-order chi connectivity index (χ1) is 9.88. The van der Waals surface area contributed by atoms with Gasteiger partial charge in [0.2, 0.25) is 0 Å². The van der Waals surface area contributed by atoms with Crippen LogP contribution in [0.2, 0.25) is 5.02 Å². The van der Waals surface area contributed by atoms with Gasteiger partial charge in [-0.1, -0.05) is 11.6 Å². The van der Waals surface area contributed by atoms with Gasteiger partial charge in [0.25, 0.3) is 5.91 Å². The number of nitrogens with one attached hydrogen (secondary N) is 1. The number of aryl methyl sites for hydroxylation is 2. The number of carbonyl (C=O) groups excluding carboxylic acids is 1. The average Bonchev–Trinajstić information content (AvgIpc) is 2.43. The first kappa shape index (κ1) is 14.9. The van der Waals surface area contributed by atoms with Crippen molar-refractivity contribution >= 4 is 29.2 Å². The summed E-state index contributed by atoms with van der Waals surface area (Å²) in [5.74, 6) is -1.52. The predicted molar refractivity (Wildman–Crippen MR) is 77.9 cm³/mol. The van der Waals surface area contributed by atoms with E-state index in [-0.39, 0.29) is 16.3 Å². The Morgan fingerprint density at radius 1 is 1.19 bits per heavy atom. The molecule has 0 aliphatic carbocycles. The third kappa shape index (κ3) is 3.35. The van der Waals surface area contributed by atoms with Gasteiger partial charge in [0.15, 0.2) is 0 Å². The Balaban J connectivity index is 2.33. The number of hydrogen-bond donors (Lipinski definition) is 2. The number of carboxylic acids is 1. The molecule has 1 aromatic heterocycles. The maximum Gasteiger partial charge on any atom is 0.335 e. The first-order valence-corrected chi connectivity index (χ1v) is 6.41. The standard InChI is InChI=1S/C14H12ClN3O3/c1-7-5-10(8(2)18-17-7)13(19)16-12-6-9(14(20)21)3-4-11(12)15/h3-6H,1-2H3,(H,16,19)(H,20,21). The number of nitrogens with zero attached hydrogens (tertiary/aromatic N) is 2. The number of carboxylic acid groups (broad SMARTS) is 1. The smallest absolute Gasteiger partial charge is 0.335 e. The van der Waals surface area contributed by atoms with E-state index in [4.69, 9.17) is 16.7 Å². The van der Waals surface area contributed by atoms with Crippen LogP contribution in [-0.4, -0.2) is 27.2 Å². The van der Waals surface area contributed by atoms with E-state index in [1.807, 2.05) is 0 Å². The zero-order chi connectivity index (χ0) is 15.6. The molecule has 0 aliphatic rings. The summed E-state index contributed by atoms with van der Waals surface area (Å²) >= 11 is 5.97. The first-order valence-electron chi connectivity index (χ1n) is 6.03. The Morgan fingerprint density at radius 3 is 2.57 bits per heavy atom. The van der Waals surface area contributed by atoms with Gasteiger partial charge >= 0.3 is 5.97 Å². The third-order valence-corrected chi connectivity index (χ3v) is 3.14. The molecule has 108 valence electrons. The van der Waals surface area contributed by atoms with Crippen molar-refractivity contribution in [3.8, 4) is 0 Å². The van der Waals surface area contributed by atoms with E-state index < -0.39 is 11.9 Å². The molecule has 0 spiro atoms. The van der Waals surface area contributed by atoms with Crippen molar-refractivity contribution in [1.29, 1.82) is 0 Å². The van der Waals surface area contributed by atoms with E-state index in [2.05, 4.69) is 15.5 Å². The molecule has 0 aliphatic heterocycles. The van der Waals surface area contributed by atoms with E-state index in [1.54, 1.807) is 19.9 Å². The fraction of sp³-hybridized carbons (Fsp3) is 0.143. The van der Waals surface area contributed by atoms with Crippen LogP contribution in [0.3, 0.4) is 0 Å². The van der Waals surface area contributed by atoms with Gasteiger partial charge in [-0.3, -0.25) is 4.79 Å². The minimum atomic E-state index is -1.10. The summed E-state index contributed by atoms with van der Waals surface area (Å²) in [5.41, 5.74) is 1.71. The van der Waals surface area contributed by atoms with Gasteiger partial charge < -0.3 is 10.4 Å². The lowest BCUT2D eigenvalue weighted by Crippen LogP contribution is -2.15. The highest BCUT2D eigenvalue weighted by molar-refractivity contribution is 6.34. The molecule has 6 nitrogen and oxygen atoms in total. The summed E-state index contributed by atoms with van der Waals surface area (Å²) in [5, 5.41) is 19.5. The van der Waals surface area contributed by atoms with E-state index in [9.17, 15) is 9.59 Å². The minimum Gasteiger partial charge on any atom is -0.478 e. The van der Waals surface area contributed by atoms with Crippen LogP contribution in [0.4, 0.5) is 5.69 Å². The molecule has 1 amide bonds. The molecule has 2 N–H and O–H groups in total. The zero-order valence-electron chi connectivity index (χ0n) is 11.3. The van der Waals surface area contributed by atoms with Crippen LogP contribution in [0.5, 0.6) is 0 Å². The molecule has 0 saturated carbocycles. The molecular formula is C14H12ClN3O3. The highest BCUT2D eigenvalue weighted by Crippen LogP contribution is 2.24. The van der Waals surface area contributed by atoms with Gasteiger partial charge in [-0.2, -0.15) is 10.2 Å². The SMILES string of the molecule is Cc1cc(C(=O)Nc2cc(C(=O)O)ccc2Cl)c(C)nn1. The Kier molecular flexibility index (Phi) is 4.18. The van der Waals surface area contributed by atoms with Crippen molar-refractivity contribution in [2.45, 2.75) is 13.8 Å². The summed E-state index contributed by atoms with van der Waals surface area (Å²) in [4.78, 5) is 23.2. The summed E-state index contributed by atoms with van der Waals surface area (Å²) in [6, 6.07) is 5.69. The lowest BCUT2D eigenvalue weighted by atomic mass is 10.1. The largest absolute Gasteiger partial charge is 0.478 e. The van der Waals surface area contributed by atoms with Crippen LogP contribution >= 0.6 is 11.6 Å². The van der Waals surface area contributed by atoms with Gasteiger partial charge in [0.05, 0.1) is 33.2 Å². The van der Waals surface area contributed by atoms with E-state index in [0.717, 1.165) is 0 Å². The lowest BCUT2D eigenvalue weighted by Gasteiger charge is -2.09.